The Morgan fingerprint density at radius 3 is 2.00 bits per heavy atom. The van der Waals surface area contributed by atoms with Gasteiger partial charge < -0.3 is 18.9 Å². The van der Waals surface area contributed by atoms with Crippen molar-refractivity contribution >= 4 is 11.6 Å². The summed E-state index contributed by atoms with van der Waals surface area (Å²) < 4.78 is 20.9. The van der Waals surface area contributed by atoms with E-state index in [0.29, 0.717) is 34.3 Å². The molecule has 0 bridgehead atoms. The summed E-state index contributed by atoms with van der Waals surface area (Å²) in [4.78, 5) is 12.4. The summed E-state index contributed by atoms with van der Waals surface area (Å²) in [6.07, 6.45) is 0. The van der Waals surface area contributed by atoms with Crippen LogP contribution in [0.2, 0.25) is 0 Å². The molecule has 0 atom stereocenters. The minimum atomic E-state index is -0.386. The van der Waals surface area contributed by atoms with Crippen LogP contribution in [0, 0.1) is 0 Å². The Labute approximate surface area is 152 Å². The Hall–Kier alpha value is -3.22. The first kappa shape index (κ1) is 19.1. The van der Waals surface area contributed by atoms with Crippen LogP contribution in [0.1, 0.15) is 22.8 Å². The highest BCUT2D eigenvalue weighted by molar-refractivity contribution is 6.03. The largest absolute Gasteiger partial charge is 0.497 e. The van der Waals surface area contributed by atoms with E-state index in [-0.39, 0.29) is 5.91 Å². The molecule has 0 unspecified atom stereocenters. The van der Waals surface area contributed by atoms with Gasteiger partial charge in [0.1, 0.15) is 23.0 Å². The normalized spacial score (nSPS) is 10.9. The van der Waals surface area contributed by atoms with Gasteiger partial charge in [-0.3, -0.25) is 4.79 Å². The molecule has 7 nitrogen and oxygen atoms in total. The second-order valence-electron chi connectivity index (χ2n) is 5.31. The number of nitrogens with one attached hydrogen (secondary N) is 1. The number of methoxy groups -OCH3 is 4. The van der Waals surface area contributed by atoms with E-state index in [9.17, 15) is 4.79 Å². The standard InChI is InChI=1S/C19H22N2O5/c1-12(17-11-14(23-2)6-7-18(17)26-5)20-21-19(22)13-8-15(24-3)10-16(9-13)25-4/h6-11H,1-5H3,(H,21,22)/b20-12-. The number of benzene rings is 2. The van der Waals surface area contributed by atoms with Crippen LogP contribution in [0.25, 0.3) is 0 Å². The molecule has 1 amide bonds. The molecule has 0 radical (unpaired) electrons. The minimum Gasteiger partial charge on any atom is -0.497 e. The van der Waals surface area contributed by atoms with Crippen molar-refractivity contribution < 1.29 is 23.7 Å². The molecular weight excluding hydrogens is 336 g/mol. The number of hydrogen-bond acceptors (Lipinski definition) is 6. The minimum absolute atomic E-state index is 0.371. The zero-order chi connectivity index (χ0) is 19.1. The molecule has 0 fully saturated rings. The van der Waals surface area contributed by atoms with Crippen molar-refractivity contribution in [3.63, 3.8) is 0 Å². The number of amides is 1. The maximum Gasteiger partial charge on any atom is 0.271 e. The fourth-order valence-electron chi connectivity index (χ4n) is 2.29. The molecule has 0 aromatic heterocycles. The molecule has 0 heterocycles. The molecule has 0 aliphatic heterocycles. The smallest absolute Gasteiger partial charge is 0.271 e. The molecule has 1 N–H and O–H groups in total. The second-order valence-corrected chi connectivity index (χ2v) is 5.31. The van der Waals surface area contributed by atoms with Crippen LogP contribution in [0.5, 0.6) is 23.0 Å². The fraction of sp³-hybridized carbons (Fsp3) is 0.263. The summed E-state index contributed by atoms with van der Waals surface area (Å²) in [5.41, 5.74) is 4.19. The maximum atomic E-state index is 12.4. The average molecular weight is 358 g/mol. The lowest BCUT2D eigenvalue weighted by atomic mass is 10.1. The van der Waals surface area contributed by atoms with Crippen molar-refractivity contribution in [2.75, 3.05) is 28.4 Å². The molecule has 138 valence electrons. The van der Waals surface area contributed by atoms with Crippen molar-refractivity contribution in [2.45, 2.75) is 6.92 Å². The Balaban J connectivity index is 2.25. The lowest BCUT2D eigenvalue weighted by Gasteiger charge is -2.11. The Bertz CT molecular complexity index is 795. The third-order valence-corrected chi connectivity index (χ3v) is 3.74. The molecule has 0 saturated carbocycles. The van der Waals surface area contributed by atoms with Crippen molar-refractivity contribution in [1.29, 1.82) is 0 Å². The highest BCUT2D eigenvalue weighted by atomic mass is 16.5. The van der Waals surface area contributed by atoms with Gasteiger partial charge in [0.15, 0.2) is 0 Å². The summed E-state index contributed by atoms with van der Waals surface area (Å²) in [5, 5.41) is 4.17. The molecular formula is C19H22N2O5. The second kappa shape index (κ2) is 8.75. The van der Waals surface area contributed by atoms with Crippen molar-refractivity contribution in [1.82, 2.24) is 5.43 Å². The van der Waals surface area contributed by atoms with Gasteiger partial charge in [0.25, 0.3) is 5.91 Å². The molecule has 0 aliphatic carbocycles. The number of ether oxygens (including phenoxy) is 4. The summed E-state index contributed by atoms with van der Waals surface area (Å²) in [6, 6.07) is 10.3. The van der Waals surface area contributed by atoms with E-state index in [1.165, 1.54) is 14.2 Å². The first-order valence-corrected chi connectivity index (χ1v) is 7.82. The van der Waals surface area contributed by atoms with Crippen LogP contribution < -0.4 is 24.4 Å². The quantitative estimate of drug-likeness (QED) is 0.608. The highest BCUT2D eigenvalue weighted by Crippen LogP contribution is 2.25. The first-order chi connectivity index (χ1) is 12.5. The molecule has 2 aromatic rings. The van der Waals surface area contributed by atoms with Crippen molar-refractivity contribution in [3.05, 3.63) is 47.5 Å². The fourth-order valence-corrected chi connectivity index (χ4v) is 2.29. The average Bonchev–Trinajstić information content (AvgIpc) is 2.70. The third-order valence-electron chi connectivity index (χ3n) is 3.74. The van der Waals surface area contributed by atoms with Gasteiger partial charge in [-0.15, -0.1) is 0 Å². The predicted octanol–water partition coefficient (Wildman–Crippen LogP) is 2.88. The summed E-state index contributed by atoms with van der Waals surface area (Å²) in [5.74, 6) is 1.95. The van der Waals surface area contributed by atoms with Crippen LogP contribution in [0.4, 0.5) is 0 Å². The zero-order valence-corrected chi connectivity index (χ0v) is 15.5. The van der Waals surface area contributed by atoms with Crippen LogP contribution in [0.3, 0.4) is 0 Å². The molecule has 2 rings (SSSR count). The maximum absolute atomic E-state index is 12.4. The molecule has 0 spiro atoms. The van der Waals surface area contributed by atoms with E-state index in [2.05, 4.69) is 10.5 Å². The van der Waals surface area contributed by atoms with Crippen LogP contribution >= 0.6 is 0 Å². The third kappa shape index (κ3) is 4.44. The number of carbonyl (C=O) groups is 1. The Kier molecular flexibility index (Phi) is 6.43. The first-order valence-electron chi connectivity index (χ1n) is 7.82. The monoisotopic (exact) mass is 358 g/mol. The number of nitrogens with zero attached hydrogens (tertiary/aromatic N) is 1. The van der Waals surface area contributed by atoms with E-state index in [1.807, 2.05) is 0 Å². The van der Waals surface area contributed by atoms with Gasteiger partial charge in [-0.2, -0.15) is 5.10 Å². The van der Waals surface area contributed by atoms with E-state index in [4.69, 9.17) is 18.9 Å². The van der Waals surface area contributed by atoms with Gasteiger partial charge in [-0.05, 0) is 37.3 Å². The van der Waals surface area contributed by atoms with Gasteiger partial charge in [-0.1, -0.05) is 0 Å². The van der Waals surface area contributed by atoms with E-state index < -0.39 is 0 Å². The Morgan fingerprint density at radius 1 is 0.846 bits per heavy atom. The molecule has 2 aromatic carbocycles. The van der Waals surface area contributed by atoms with Gasteiger partial charge >= 0.3 is 0 Å². The molecule has 26 heavy (non-hydrogen) atoms. The van der Waals surface area contributed by atoms with Crippen LogP contribution in [-0.2, 0) is 0 Å². The number of hydrogen-bond donors (Lipinski definition) is 1. The Morgan fingerprint density at radius 2 is 1.46 bits per heavy atom. The van der Waals surface area contributed by atoms with Crippen molar-refractivity contribution in [3.8, 4) is 23.0 Å². The summed E-state index contributed by atoms with van der Waals surface area (Å²) in [6.45, 7) is 1.77. The summed E-state index contributed by atoms with van der Waals surface area (Å²) >= 11 is 0. The van der Waals surface area contributed by atoms with E-state index >= 15 is 0 Å². The van der Waals surface area contributed by atoms with Crippen LogP contribution in [0.15, 0.2) is 41.5 Å². The van der Waals surface area contributed by atoms with Crippen LogP contribution in [-0.4, -0.2) is 40.1 Å². The number of carbonyl (C=O) groups excluding carboxylic acids is 1. The van der Waals surface area contributed by atoms with Gasteiger partial charge in [0, 0.05) is 17.2 Å². The highest BCUT2D eigenvalue weighted by Gasteiger charge is 2.12. The van der Waals surface area contributed by atoms with Gasteiger partial charge in [0.2, 0.25) is 0 Å². The SMILES string of the molecule is COc1cc(OC)cc(C(=O)N/N=C(/C)c2cc(OC)ccc2OC)c1. The molecule has 0 saturated heterocycles. The van der Waals surface area contributed by atoms with Gasteiger partial charge in [-0.25, -0.2) is 5.43 Å². The lowest BCUT2D eigenvalue weighted by Crippen LogP contribution is -2.19. The summed E-state index contributed by atoms with van der Waals surface area (Å²) in [7, 11) is 6.19. The lowest BCUT2D eigenvalue weighted by molar-refractivity contribution is 0.0954. The predicted molar refractivity (Wildman–Crippen MR) is 98.8 cm³/mol. The van der Waals surface area contributed by atoms with E-state index in [1.54, 1.807) is 57.5 Å². The molecule has 0 aliphatic rings. The molecule has 7 heteroatoms. The zero-order valence-electron chi connectivity index (χ0n) is 15.5. The number of rotatable bonds is 7. The van der Waals surface area contributed by atoms with Crippen molar-refractivity contribution in [2.24, 2.45) is 5.10 Å². The van der Waals surface area contributed by atoms with E-state index in [0.717, 1.165) is 5.56 Å². The van der Waals surface area contributed by atoms with Gasteiger partial charge in [0.05, 0.1) is 34.2 Å². The number of hydrazone groups is 1. The topological polar surface area (TPSA) is 78.4 Å².